The zero-order valence-corrected chi connectivity index (χ0v) is 24.4. The first kappa shape index (κ1) is 29.6. The van der Waals surface area contributed by atoms with Crippen molar-refractivity contribution < 1.29 is 23.5 Å². The summed E-state index contributed by atoms with van der Waals surface area (Å²) in [5.74, 6) is 0.968. The number of carbonyl (C=O) groups is 3. The van der Waals surface area contributed by atoms with E-state index >= 15 is 0 Å². The molecule has 2 aliphatic heterocycles. The number of amides is 3. The van der Waals surface area contributed by atoms with Crippen molar-refractivity contribution in [1.82, 2.24) is 25.0 Å². The van der Waals surface area contributed by atoms with Crippen molar-refractivity contribution in [2.24, 2.45) is 0 Å². The zero-order valence-electron chi connectivity index (χ0n) is 24.4. The highest BCUT2D eigenvalue weighted by Gasteiger charge is 2.39. The molecular formula is C30H43N5O5. The van der Waals surface area contributed by atoms with Gasteiger partial charge in [-0.1, -0.05) is 46.2 Å². The predicted octanol–water partition coefficient (Wildman–Crippen LogP) is 3.21. The average molecular weight is 554 g/mol. The highest BCUT2D eigenvalue weighted by atomic mass is 16.5. The molecule has 1 aromatic carbocycles. The molecule has 2 fully saturated rings. The van der Waals surface area contributed by atoms with Gasteiger partial charge >= 0.3 is 0 Å². The van der Waals surface area contributed by atoms with E-state index in [-0.39, 0.29) is 23.8 Å². The van der Waals surface area contributed by atoms with E-state index in [1.807, 2.05) is 39.6 Å². The summed E-state index contributed by atoms with van der Waals surface area (Å²) in [7, 11) is 2.05. The lowest BCUT2D eigenvalue weighted by Gasteiger charge is -2.36. The molecule has 2 aromatic rings. The normalized spacial score (nSPS) is 19.0. The van der Waals surface area contributed by atoms with Crippen LogP contribution >= 0.6 is 0 Å². The molecule has 0 bridgehead atoms. The summed E-state index contributed by atoms with van der Waals surface area (Å²) in [4.78, 5) is 50.5. The largest absolute Gasteiger partial charge is 0.483 e. The lowest BCUT2D eigenvalue weighted by atomic mass is 9.94. The summed E-state index contributed by atoms with van der Waals surface area (Å²) < 4.78 is 11.7. The topological polar surface area (TPSA) is 108 Å². The third-order valence-corrected chi connectivity index (χ3v) is 7.59. The Morgan fingerprint density at radius 1 is 1.12 bits per heavy atom. The smallest absolute Gasteiger partial charge is 0.255 e. The number of nitrogens with zero attached hydrogens (tertiary/aromatic N) is 4. The van der Waals surface area contributed by atoms with Crippen LogP contribution < -0.4 is 10.1 Å². The molecule has 10 heteroatoms. The molecule has 0 radical (unpaired) electrons. The average Bonchev–Trinajstić information content (AvgIpc) is 3.62. The van der Waals surface area contributed by atoms with Gasteiger partial charge in [-0.05, 0) is 38.4 Å². The number of likely N-dealkylation sites (N-methyl/N-ethyl adjacent to an activating group) is 1. The number of rotatable bonds is 9. The van der Waals surface area contributed by atoms with Gasteiger partial charge in [0, 0.05) is 38.1 Å². The molecule has 0 unspecified atom stereocenters. The molecule has 40 heavy (non-hydrogen) atoms. The maximum atomic E-state index is 13.7. The number of aromatic nitrogens is 1. The predicted molar refractivity (Wildman–Crippen MR) is 151 cm³/mol. The Hall–Kier alpha value is -3.40. The monoisotopic (exact) mass is 553 g/mol. The van der Waals surface area contributed by atoms with E-state index in [1.54, 1.807) is 35.4 Å². The fraction of sp³-hybridized carbons (Fsp3) is 0.600. The molecule has 0 saturated carbocycles. The van der Waals surface area contributed by atoms with E-state index in [0.29, 0.717) is 56.1 Å². The van der Waals surface area contributed by atoms with E-state index in [4.69, 9.17) is 9.15 Å². The first-order chi connectivity index (χ1) is 19.1. The zero-order chi connectivity index (χ0) is 28.9. The van der Waals surface area contributed by atoms with Crippen molar-refractivity contribution in [2.45, 2.75) is 77.5 Å². The molecular weight excluding hydrogens is 510 g/mol. The van der Waals surface area contributed by atoms with E-state index in [1.165, 1.54) is 0 Å². The number of hydrogen-bond donors (Lipinski definition) is 1. The third kappa shape index (κ3) is 7.02. The maximum Gasteiger partial charge on any atom is 0.255 e. The Balaban J connectivity index is 1.43. The molecule has 2 aliphatic rings. The van der Waals surface area contributed by atoms with Crippen LogP contribution in [0.4, 0.5) is 0 Å². The van der Waals surface area contributed by atoms with Gasteiger partial charge < -0.3 is 29.2 Å². The number of piperazine rings is 1. The van der Waals surface area contributed by atoms with E-state index in [0.717, 1.165) is 25.3 Å². The van der Waals surface area contributed by atoms with Crippen molar-refractivity contribution >= 4 is 17.7 Å². The van der Waals surface area contributed by atoms with Crippen LogP contribution in [0.1, 0.15) is 75.4 Å². The quantitative estimate of drug-likeness (QED) is 0.508. The molecule has 3 amide bonds. The van der Waals surface area contributed by atoms with Crippen molar-refractivity contribution in [2.75, 3.05) is 39.8 Å². The Bertz CT molecular complexity index is 1180. The van der Waals surface area contributed by atoms with Crippen molar-refractivity contribution in [1.29, 1.82) is 0 Å². The van der Waals surface area contributed by atoms with Gasteiger partial charge in [0.25, 0.3) is 5.91 Å². The number of carbonyl (C=O) groups excluding carboxylic acids is 3. The van der Waals surface area contributed by atoms with E-state index < -0.39 is 18.0 Å². The number of hydrogen-bond acceptors (Lipinski definition) is 7. The van der Waals surface area contributed by atoms with Crippen LogP contribution in [0.25, 0.3) is 0 Å². The van der Waals surface area contributed by atoms with Crippen LogP contribution in [0.3, 0.4) is 0 Å². The van der Waals surface area contributed by atoms with Gasteiger partial charge in [0.05, 0.1) is 11.8 Å². The Kier molecular flexibility index (Phi) is 9.50. The summed E-state index contributed by atoms with van der Waals surface area (Å²) >= 11 is 0. The second-order valence-electron chi connectivity index (χ2n) is 11.8. The molecule has 218 valence electrons. The van der Waals surface area contributed by atoms with Crippen LogP contribution in [0, 0.1) is 0 Å². The minimum absolute atomic E-state index is 0.0143. The highest BCUT2D eigenvalue weighted by molar-refractivity contribution is 6.00. The Labute approximate surface area is 237 Å². The van der Waals surface area contributed by atoms with Crippen LogP contribution in [0.5, 0.6) is 5.75 Å². The van der Waals surface area contributed by atoms with Gasteiger partial charge in [-0.2, -0.15) is 0 Å². The highest BCUT2D eigenvalue weighted by Crippen LogP contribution is 2.25. The Morgan fingerprint density at radius 3 is 2.52 bits per heavy atom. The van der Waals surface area contributed by atoms with Crippen LogP contribution in [0.2, 0.25) is 0 Å². The molecule has 0 spiro atoms. The van der Waals surface area contributed by atoms with Crippen LogP contribution in [0.15, 0.2) is 34.9 Å². The maximum absolute atomic E-state index is 13.7. The van der Waals surface area contributed by atoms with Gasteiger partial charge in [-0.15, -0.1) is 0 Å². The summed E-state index contributed by atoms with van der Waals surface area (Å²) in [5.41, 5.74) is 0.151. The van der Waals surface area contributed by atoms with Gasteiger partial charge in [0.2, 0.25) is 17.7 Å². The van der Waals surface area contributed by atoms with Gasteiger partial charge in [0.15, 0.2) is 6.61 Å². The summed E-state index contributed by atoms with van der Waals surface area (Å²) in [6.07, 6.45) is 4.30. The molecule has 0 aliphatic carbocycles. The van der Waals surface area contributed by atoms with Crippen molar-refractivity contribution in [3.05, 3.63) is 47.7 Å². The number of benzene rings is 1. The molecule has 4 rings (SSSR count). The fourth-order valence-corrected chi connectivity index (χ4v) is 5.15. The van der Waals surface area contributed by atoms with Gasteiger partial charge in [0.1, 0.15) is 23.6 Å². The van der Waals surface area contributed by atoms with Crippen molar-refractivity contribution in [3.63, 3.8) is 0 Å². The SMILES string of the molecule is CCC[C@@H](NC(=O)c1ccccc1OCc1ncc(C(C)(C)C)o1)C(=O)N1CCC[C@@H]1C(=O)N1CCN(C)CC1. The number of likely N-dealkylation sites (tertiary alicyclic amines) is 1. The first-order valence-electron chi connectivity index (χ1n) is 14.3. The summed E-state index contributed by atoms with van der Waals surface area (Å²) in [6.45, 7) is 11.7. The second kappa shape index (κ2) is 12.8. The van der Waals surface area contributed by atoms with E-state index in [2.05, 4.69) is 15.2 Å². The molecule has 1 N–H and O–H groups in total. The molecule has 2 saturated heterocycles. The Morgan fingerprint density at radius 2 is 1.85 bits per heavy atom. The lowest BCUT2D eigenvalue weighted by molar-refractivity contribution is -0.145. The van der Waals surface area contributed by atoms with Gasteiger partial charge in [-0.25, -0.2) is 4.98 Å². The lowest BCUT2D eigenvalue weighted by Crippen LogP contribution is -2.56. The van der Waals surface area contributed by atoms with Crippen LogP contribution in [-0.2, 0) is 21.6 Å². The molecule has 3 heterocycles. The number of para-hydroxylation sites is 1. The standard InChI is InChI=1S/C30H43N5O5/c1-6-10-22(28(37)35-14-9-12-23(35)29(38)34-17-15-33(5)16-18-34)32-27(36)21-11-7-8-13-24(21)39-20-26-31-19-25(40-26)30(2,3)4/h7-8,11,13,19,22-23H,6,9-10,12,14-18,20H2,1-5H3,(H,32,36)/t22-,23-/m1/s1. The molecule has 2 atom stereocenters. The van der Waals surface area contributed by atoms with E-state index in [9.17, 15) is 14.4 Å². The van der Waals surface area contributed by atoms with Crippen molar-refractivity contribution in [3.8, 4) is 5.75 Å². The minimum Gasteiger partial charge on any atom is -0.483 e. The summed E-state index contributed by atoms with van der Waals surface area (Å²) in [6, 6.07) is 5.73. The van der Waals surface area contributed by atoms with Gasteiger partial charge in [-0.3, -0.25) is 14.4 Å². The molecule has 10 nitrogen and oxygen atoms in total. The second-order valence-corrected chi connectivity index (χ2v) is 11.8. The first-order valence-corrected chi connectivity index (χ1v) is 14.3. The third-order valence-electron chi connectivity index (χ3n) is 7.59. The van der Waals surface area contributed by atoms with Crippen LogP contribution in [-0.4, -0.2) is 89.3 Å². The number of ether oxygens (including phenoxy) is 1. The fourth-order valence-electron chi connectivity index (χ4n) is 5.15. The summed E-state index contributed by atoms with van der Waals surface area (Å²) in [5, 5.41) is 2.94. The number of oxazole rings is 1. The minimum atomic E-state index is -0.729. The molecule has 1 aromatic heterocycles. The number of nitrogens with one attached hydrogen (secondary N) is 1.